The van der Waals surface area contributed by atoms with Gasteiger partial charge in [0, 0.05) is 16.9 Å². The van der Waals surface area contributed by atoms with Gasteiger partial charge in [0.05, 0.1) is 0 Å². The Labute approximate surface area is 164 Å². The first-order chi connectivity index (χ1) is 13.3. The Balaban J connectivity index is 2.10. The second-order valence-electron chi connectivity index (χ2n) is 6.97. The fourth-order valence-electron chi connectivity index (χ4n) is 2.64. The van der Waals surface area contributed by atoms with Crippen LogP contribution in [0.2, 0.25) is 0 Å². The van der Waals surface area contributed by atoms with Gasteiger partial charge in [-0.2, -0.15) is 0 Å². The van der Waals surface area contributed by atoms with Crippen molar-refractivity contribution in [2.75, 3.05) is 10.6 Å². The number of carboxylic acid groups (broad SMARTS) is 1. The first kappa shape index (κ1) is 21.0. The van der Waals surface area contributed by atoms with Gasteiger partial charge in [-0.25, -0.2) is 9.59 Å². The third-order valence-electron chi connectivity index (χ3n) is 4.09. The highest BCUT2D eigenvalue weighted by atomic mass is 16.4. The number of anilines is 2. The van der Waals surface area contributed by atoms with Crippen LogP contribution in [0.5, 0.6) is 0 Å². The molecule has 7 heteroatoms. The van der Waals surface area contributed by atoms with E-state index in [9.17, 15) is 19.5 Å². The van der Waals surface area contributed by atoms with Gasteiger partial charge in [0.1, 0.15) is 6.04 Å². The summed E-state index contributed by atoms with van der Waals surface area (Å²) in [6.45, 7) is 5.58. The van der Waals surface area contributed by atoms with Crippen molar-refractivity contribution in [3.05, 3.63) is 59.7 Å². The molecule has 0 aliphatic carbocycles. The van der Waals surface area contributed by atoms with E-state index in [4.69, 9.17) is 0 Å². The van der Waals surface area contributed by atoms with E-state index < -0.39 is 23.9 Å². The summed E-state index contributed by atoms with van der Waals surface area (Å²) in [6, 6.07) is 12.4. The number of hydrogen-bond donors (Lipinski definition) is 4. The number of aliphatic carboxylic acids is 1. The number of urea groups is 1. The highest BCUT2D eigenvalue weighted by Crippen LogP contribution is 2.18. The second-order valence-corrected chi connectivity index (χ2v) is 6.97. The molecular formula is C21H25N3O4. The molecule has 2 aromatic carbocycles. The van der Waals surface area contributed by atoms with Crippen molar-refractivity contribution in [3.63, 3.8) is 0 Å². The van der Waals surface area contributed by atoms with Gasteiger partial charge in [0.15, 0.2) is 0 Å². The number of carbonyl (C=O) groups is 3. The highest BCUT2D eigenvalue weighted by Gasteiger charge is 2.22. The number of nitrogens with one attached hydrogen (secondary N) is 3. The van der Waals surface area contributed by atoms with Gasteiger partial charge >= 0.3 is 12.0 Å². The summed E-state index contributed by atoms with van der Waals surface area (Å²) in [5.41, 5.74) is 2.16. The average molecular weight is 383 g/mol. The molecule has 2 aromatic rings. The Bertz CT molecular complexity index is 850. The van der Waals surface area contributed by atoms with Crippen LogP contribution in [0.15, 0.2) is 48.5 Å². The summed E-state index contributed by atoms with van der Waals surface area (Å²) >= 11 is 0. The average Bonchev–Trinajstić information content (AvgIpc) is 2.63. The van der Waals surface area contributed by atoms with E-state index in [1.807, 2.05) is 32.0 Å². The molecule has 0 aromatic heterocycles. The van der Waals surface area contributed by atoms with E-state index >= 15 is 0 Å². The van der Waals surface area contributed by atoms with Crippen LogP contribution in [0, 0.1) is 12.8 Å². The lowest BCUT2D eigenvalue weighted by Crippen LogP contribution is -2.41. The summed E-state index contributed by atoms with van der Waals surface area (Å²) < 4.78 is 0. The normalized spacial score (nSPS) is 11.6. The van der Waals surface area contributed by atoms with Crippen LogP contribution < -0.4 is 16.0 Å². The predicted molar refractivity (Wildman–Crippen MR) is 109 cm³/mol. The predicted octanol–water partition coefficient (Wildman–Crippen LogP) is 3.87. The maximum Gasteiger partial charge on any atom is 0.326 e. The van der Waals surface area contributed by atoms with Crippen LogP contribution in [0.4, 0.5) is 16.2 Å². The zero-order chi connectivity index (χ0) is 20.7. The molecule has 148 valence electrons. The van der Waals surface area contributed by atoms with Crippen LogP contribution in [-0.4, -0.2) is 29.1 Å². The molecule has 0 saturated carbocycles. The lowest BCUT2D eigenvalue weighted by atomic mass is 10.0. The molecule has 4 N–H and O–H groups in total. The maximum atomic E-state index is 12.5. The van der Waals surface area contributed by atoms with Gasteiger partial charge in [-0.1, -0.05) is 38.1 Å². The van der Waals surface area contributed by atoms with Crippen LogP contribution in [0.3, 0.4) is 0 Å². The van der Waals surface area contributed by atoms with Gasteiger partial charge in [-0.15, -0.1) is 0 Å². The van der Waals surface area contributed by atoms with Gasteiger partial charge < -0.3 is 21.1 Å². The number of carboxylic acids is 1. The summed E-state index contributed by atoms with van der Waals surface area (Å²) in [4.78, 5) is 36.0. The Kier molecular flexibility index (Phi) is 7.14. The standard InChI is InChI=1S/C21H25N3O4/c1-13(2)11-18(20(26)27)23-19(25)15-10-9-14(3)17(12-15)24-21(28)22-16-7-5-4-6-8-16/h4-10,12-13,18H,11H2,1-3H3,(H,23,25)(H,26,27)(H2,22,24,28)/t18-/m0/s1. The van der Waals surface area contributed by atoms with Crippen LogP contribution in [-0.2, 0) is 4.79 Å². The molecule has 0 unspecified atom stereocenters. The maximum absolute atomic E-state index is 12.5. The fourth-order valence-corrected chi connectivity index (χ4v) is 2.64. The molecule has 0 aliphatic heterocycles. The minimum atomic E-state index is -1.07. The van der Waals surface area contributed by atoms with Gasteiger partial charge in [-0.3, -0.25) is 4.79 Å². The number of rotatable bonds is 7. The molecule has 1 atom stereocenters. The zero-order valence-electron chi connectivity index (χ0n) is 16.2. The quantitative estimate of drug-likeness (QED) is 0.582. The third kappa shape index (κ3) is 6.12. The smallest absolute Gasteiger partial charge is 0.326 e. The van der Waals surface area contributed by atoms with Crippen molar-refractivity contribution in [3.8, 4) is 0 Å². The van der Waals surface area contributed by atoms with Crippen molar-refractivity contribution in [2.24, 2.45) is 5.92 Å². The number of para-hydroxylation sites is 1. The van der Waals surface area contributed by atoms with Gasteiger partial charge in [-0.05, 0) is 49.1 Å². The molecule has 3 amide bonds. The number of carbonyl (C=O) groups excluding carboxylic acids is 2. The molecule has 28 heavy (non-hydrogen) atoms. The molecule has 0 spiro atoms. The molecule has 0 saturated heterocycles. The number of hydrogen-bond acceptors (Lipinski definition) is 3. The summed E-state index contributed by atoms with van der Waals surface area (Å²) in [5.74, 6) is -1.45. The highest BCUT2D eigenvalue weighted by molar-refractivity contribution is 6.02. The van der Waals surface area contributed by atoms with Gasteiger partial charge in [0.25, 0.3) is 5.91 Å². The van der Waals surface area contributed by atoms with Crippen LogP contribution in [0.1, 0.15) is 36.2 Å². The second kappa shape index (κ2) is 9.55. The van der Waals surface area contributed by atoms with E-state index in [1.165, 1.54) is 6.07 Å². The van der Waals surface area contributed by atoms with Crippen LogP contribution >= 0.6 is 0 Å². The topological polar surface area (TPSA) is 108 Å². The van der Waals surface area contributed by atoms with Crippen molar-refractivity contribution in [2.45, 2.75) is 33.2 Å². The molecule has 2 rings (SSSR count). The zero-order valence-corrected chi connectivity index (χ0v) is 16.2. The molecule has 0 radical (unpaired) electrons. The lowest BCUT2D eigenvalue weighted by molar-refractivity contribution is -0.139. The Hall–Kier alpha value is -3.35. The Morgan fingerprint density at radius 2 is 1.68 bits per heavy atom. The van der Waals surface area contributed by atoms with E-state index in [1.54, 1.807) is 31.2 Å². The largest absolute Gasteiger partial charge is 0.480 e. The van der Waals surface area contributed by atoms with E-state index in [0.29, 0.717) is 17.8 Å². The van der Waals surface area contributed by atoms with E-state index in [2.05, 4.69) is 16.0 Å². The number of aryl methyl sites for hydroxylation is 1. The molecule has 0 aliphatic rings. The number of benzene rings is 2. The van der Waals surface area contributed by atoms with Crippen molar-refractivity contribution in [1.29, 1.82) is 0 Å². The molecule has 0 fully saturated rings. The van der Waals surface area contributed by atoms with E-state index in [0.717, 1.165) is 5.56 Å². The SMILES string of the molecule is Cc1ccc(C(=O)N[C@@H](CC(C)C)C(=O)O)cc1NC(=O)Nc1ccccc1. The lowest BCUT2D eigenvalue weighted by Gasteiger charge is -2.17. The minimum absolute atomic E-state index is 0.123. The van der Waals surface area contributed by atoms with Crippen molar-refractivity contribution in [1.82, 2.24) is 5.32 Å². The summed E-state index contributed by atoms with van der Waals surface area (Å²) in [6.07, 6.45) is 0.331. The van der Waals surface area contributed by atoms with Crippen LogP contribution in [0.25, 0.3) is 0 Å². The molecule has 0 bridgehead atoms. The minimum Gasteiger partial charge on any atom is -0.480 e. The summed E-state index contributed by atoms with van der Waals surface area (Å²) in [7, 11) is 0. The van der Waals surface area contributed by atoms with Gasteiger partial charge in [0.2, 0.25) is 0 Å². The number of amides is 3. The summed E-state index contributed by atoms with van der Waals surface area (Å²) in [5, 5.41) is 17.3. The monoisotopic (exact) mass is 383 g/mol. The molecule has 7 nitrogen and oxygen atoms in total. The fraction of sp³-hybridized carbons (Fsp3) is 0.286. The Morgan fingerprint density at radius 3 is 2.29 bits per heavy atom. The third-order valence-corrected chi connectivity index (χ3v) is 4.09. The van der Waals surface area contributed by atoms with E-state index in [-0.39, 0.29) is 11.5 Å². The first-order valence-corrected chi connectivity index (χ1v) is 9.03. The van der Waals surface area contributed by atoms with Crippen molar-refractivity contribution < 1.29 is 19.5 Å². The molecule has 0 heterocycles. The first-order valence-electron chi connectivity index (χ1n) is 9.03. The van der Waals surface area contributed by atoms with Crippen molar-refractivity contribution >= 4 is 29.3 Å². The Morgan fingerprint density at radius 1 is 1.00 bits per heavy atom. The molecular weight excluding hydrogens is 358 g/mol.